The van der Waals surface area contributed by atoms with Crippen LogP contribution in [0.5, 0.6) is 0 Å². The van der Waals surface area contributed by atoms with E-state index in [4.69, 9.17) is 23.1 Å². The number of ketones is 1. The molecule has 0 saturated carbocycles. The summed E-state index contributed by atoms with van der Waals surface area (Å²) in [4.78, 5) is 15.6. The molecule has 0 unspecified atom stereocenters. The predicted molar refractivity (Wildman–Crippen MR) is 82.0 cm³/mol. The molecule has 0 aliphatic heterocycles. The van der Waals surface area contributed by atoms with Crippen LogP contribution in [0.15, 0.2) is 42.6 Å². The van der Waals surface area contributed by atoms with Gasteiger partial charge in [0.2, 0.25) is 0 Å². The number of aromatic amines is 1. The van der Waals surface area contributed by atoms with Crippen LogP contribution in [0.2, 0.25) is 5.02 Å². The van der Waals surface area contributed by atoms with E-state index in [0.29, 0.717) is 27.5 Å². The molecule has 0 atom stereocenters. The van der Waals surface area contributed by atoms with Crippen LogP contribution >= 0.6 is 11.6 Å². The zero-order chi connectivity index (χ0) is 14.3. The van der Waals surface area contributed by atoms with E-state index in [1.165, 1.54) is 0 Å². The molecular formula is C15H12ClN3O. The van der Waals surface area contributed by atoms with Crippen LogP contribution < -0.4 is 11.5 Å². The Morgan fingerprint density at radius 1 is 1.05 bits per heavy atom. The third kappa shape index (κ3) is 2.00. The van der Waals surface area contributed by atoms with Gasteiger partial charge >= 0.3 is 0 Å². The molecule has 5 N–H and O–H groups in total. The number of hydrogen-bond acceptors (Lipinski definition) is 3. The summed E-state index contributed by atoms with van der Waals surface area (Å²) >= 11 is 5.93. The van der Waals surface area contributed by atoms with Gasteiger partial charge in [-0.25, -0.2) is 0 Å². The monoisotopic (exact) mass is 285 g/mol. The van der Waals surface area contributed by atoms with Gasteiger partial charge in [-0.1, -0.05) is 17.7 Å². The summed E-state index contributed by atoms with van der Waals surface area (Å²) in [5.41, 5.74) is 14.2. The van der Waals surface area contributed by atoms with Gasteiger partial charge in [-0.2, -0.15) is 0 Å². The molecule has 3 aromatic rings. The molecule has 0 bridgehead atoms. The summed E-state index contributed by atoms with van der Waals surface area (Å²) in [5, 5.41) is 1.43. The largest absolute Gasteiger partial charge is 0.399 e. The Hall–Kier alpha value is -2.46. The number of nitrogens with two attached hydrogens (primary N) is 2. The third-order valence-corrected chi connectivity index (χ3v) is 3.44. The van der Waals surface area contributed by atoms with Crippen molar-refractivity contribution < 1.29 is 4.79 Å². The first kappa shape index (κ1) is 12.6. The van der Waals surface area contributed by atoms with Crippen molar-refractivity contribution in [2.75, 3.05) is 11.5 Å². The Labute approximate surface area is 120 Å². The molecule has 0 aliphatic carbocycles. The quantitative estimate of drug-likeness (QED) is 0.499. The van der Waals surface area contributed by atoms with Gasteiger partial charge in [0.05, 0.1) is 0 Å². The summed E-state index contributed by atoms with van der Waals surface area (Å²) in [6.45, 7) is 0. The molecule has 0 radical (unpaired) electrons. The number of nitrogens with one attached hydrogen (secondary N) is 1. The minimum absolute atomic E-state index is 0.143. The summed E-state index contributed by atoms with van der Waals surface area (Å²) < 4.78 is 0. The van der Waals surface area contributed by atoms with E-state index in [9.17, 15) is 4.79 Å². The molecule has 0 spiro atoms. The fraction of sp³-hybridized carbons (Fsp3) is 0. The Bertz CT molecular complexity index is 823. The average molecular weight is 286 g/mol. The number of rotatable bonds is 2. The molecule has 4 nitrogen and oxygen atoms in total. The lowest BCUT2D eigenvalue weighted by molar-refractivity contribution is 0.104. The Balaban J connectivity index is 2.13. The topological polar surface area (TPSA) is 84.9 Å². The van der Waals surface area contributed by atoms with Crippen LogP contribution in [-0.2, 0) is 0 Å². The second kappa shape index (κ2) is 4.58. The summed E-state index contributed by atoms with van der Waals surface area (Å²) in [6.07, 6.45) is 1.67. The smallest absolute Gasteiger partial charge is 0.197 e. The fourth-order valence-electron chi connectivity index (χ4n) is 2.22. The van der Waals surface area contributed by atoms with Crippen LogP contribution in [0.4, 0.5) is 11.4 Å². The van der Waals surface area contributed by atoms with Crippen LogP contribution in [-0.4, -0.2) is 10.8 Å². The molecule has 0 saturated heterocycles. The lowest BCUT2D eigenvalue weighted by Crippen LogP contribution is -2.05. The maximum atomic E-state index is 12.6. The molecule has 1 heterocycles. The van der Waals surface area contributed by atoms with Crippen LogP contribution in [0.3, 0.4) is 0 Å². The molecule has 0 amide bonds. The molecule has 0 aliphatic rings. The van der Waals surface area contributed by atoms with Gasteiger partial charge < -0.3 is 16.5 Å². The van der Waals surface area contributed by atoms with Gasteiger partial charge in [0.25, 0.3) is 0 Å². The van der Waals surface area contributed by atoms with E-state index in [1.807, 2.05) is 6.07 Å². The van der Waals surface area contributed by atoms with Gasteiger partial charge in [0, 0.05) is 44.6 Å². The summed E-state index contributed by atoms with van der Waals surface area (Å²) in [7, 11) is 0. The number of carbonyl (C=O) groups excluding carboxylic acids is 1. The van der Waals surface area contributed by atoms with E-state index in [-0.39, 0.29) is 5.78 Å². The second-order valence-electron chi connectivity index (χ2n) is 4.57. The standard InChI is InChI=1S/C15H12ClN3O/c16-8-1-3-10-12(7-19-14(10)5-8)15(20)11-4-2-9(17)6-13(11)18/h1-7,19H,17-18H2. The highest BCUT2D eigenvalue weighted by atomic mass is 35.5. The molecule has 100 valence electrons. The van der Waals surface area contributed by atoms with Crippen molar-refractivity contribution in [1.29, 1.82) is 0 Å². The van der Waals surface area contributed by atoms with Crippen molar-refractivity contribution in [1.82, 2.24) is 4.98 Å². The van der Waals surface area contributed by atoms with E-state index in [2.05, 4.69) is 4.98 Å². The molecule has 2 aromatic carbocycles. The molecular weight excluding hydrogens is 274 g/mol. The Morgan fingerprint density at radius 2 is 1.85 bits per heavy atom. The SMILES string of the molecule is Nc1ccc(C(=O)c2c[nH]c3cc(Cl)ccc23)c(N)c1. The molecule has 0 fully saturated rings. The maximum Gasteiger partial charge on any atom is 0.197 e. The van der Waals surface area contributed by atoms with Gasteiger partial charge in [-0.3, -0.25) is 4.79 Å². The van der Waals surface area contributed by atoms with E-state index >= 15 is 0 Å². The van der Waals surface area contributed by atoms with Crippen LogP contribution in [0, 0.1) is 0 Å². The average Bonchev–Trinajstić information content (AvgIpc) is 2.80. The zero-order valence-corrected chi connectivity index (χ0v) is 11.2. The number of hydrogen-bond donors (Lipinski definition) is 3. The Kier molecular flexibility index (Phi) is 2.88. The lowest BCUT2D eigenvalue weighted by Gasteiger charge is -2.05. The number of H-pyrrole nitrogens is 1. The van der Waals surface area contributed by atoms with E-state index in [0.717, 1.165) is 10.9 Å². The summed E-state index contributed by atoms with van der Waals surface area (Å²) in [6, 6.07) is 10.2. The van der Waals surface area contributed by atoms with Crippen molar-refractivity contribution >= 4 is 39.7 Å². The molecule has 3 rings (SSSR count). The van der Waals surface area contributed by atoms with Crippen molar-refractivity contribution in [2.24, 2.45) is 0 Å². The van der Waals surface area contributed by atoms with Crippen molar-refractivity contribution in [2.45, 2.75) is 0 Å². The van der Waals surface area contributed by atoms with Crippen molar-refractivity contribution in [3.05, 3.63) is 58.7 Å². The van der Waals surface area contributed by atoms with Crippen molar-refractivity contribution in [3.8, 4) is 0 Å². The number of nitrogen functional groups attached to an aromatic ring is 2. The minimum atomic E-state index is -0.143. The van der Waals surface area contributed by atoms with E-state index < -0.39 is 0 Å². The first-order valence-corrected chi connectivity index (χ1v) is 6.40. The highest BCUT2D eigenvalue weighted by Crippen LogP contribution is 2.26. The van der Waals surface area contributed by atoms with Gasteiger partial charge in [0.1, 0.15) is 0 Å². The number of benzene rings is 2. The summed E-state index contributed by atoms with van der Waals surface area (Å²) in [5.74, 6) is -0.143. The van der Waals surface area contributed by atoms with Crippen LogP contribution in [0.1, 0.15) is 15.9 Å². The van der Waals surface area contributed by atoms with Gasteiger partial charge in [0.15, 0.2) is 5.78 Å². The van der Waals surface area contributed by atoms with Gasteiger partial charge in [-0.05, 0) is 30.3 Å². The fourth-order valence-corrected chi connectivity index (χ4v) is 2.39. The first-order valence-electron chi connectivity index (χ1n) is 6.02. The molecule has 20 heavy (non-hydrogen) atoms. The maximum absolute atomic E-state index is 12.6. The highest BCUT2D eigenvalue weighted by molar-refractivity contribution is 6.31. The number of anilines is 2. The van der Waals surface area contributed by atoms with E-state index in [1.54, 1.807) is 36.5 Å². The number of fused-ring (bicyclic) bond motifs is 1. The zero-order valence-electron chi connectivity index (χ0n) is 10.5. The van der Waals surface area contributed by atoms with Crippen molar-refractivity contribution in [3.63, 3.8) is 0 Å². The highest BCUT2D eigenvalue weighted by Gasteiger charge is 2.16. The third-order valence-electron chi connectivity index (χ3n) is 3.21. The molecule has 1 aromatic heterocycles. The number of carbonyl (C=O) groups is 1. The number of aromatic nitrogens is 1. The predicted octanol–water partition coefficient (Wildman–Crippen LogP) is 3.22. The Morgan fingerprint density at radius 3 is 2.60 bits per heavy atom. The van der Waals surface area contributed by atoms with Gasteiger partial charge in [-0.15, -0.1) is 0 Å². The van der Waals surface area contributed by atoms with Crippen LogP contribution in [0.25, 0.3) is 10.9 Å². The number of halogens is 1. The molecule has 5 heteroatoms. The first-order chi connectivity index (χ1) is 9.56. The minimum Gasteiger partial charge on any atom is -0.399 e. The second-order valence-corrected chi connectivity index (χ2v) is 5.00. The normalized spacial score (nSPS) is 10.8. The lowest BCUT2D eigenvalue weighted by atomic mass is 10.0.